The fraction of sp³-hybridized carbons (Fsp3) is 0.938. The molecule has 0 radical (unpaired) electrons. The predicted octanol–water partition coefficient (Wildman–Crippen LogP) is 0.892. The number of hydrogen-bond acceptors (Lipinski definition) is 4. The summed E-state index contributed by atoms with van der Waals surface area (Å²) in [5.41, 5.74) is 5.69. The maximum Gasteiger partial charge on any atom is 0.237 e. The standard InChI is InChI=1S/C16H34N4O/c1-5-15(6-7-17)20-10-8-19(9-11-20)14(4)16(21)18-12-13(2)3/h13-15H,5-12,17H2,1-4H3,(H,18,21). The van der Waals surface area contributed by atoms with Crippen molar-refractivity contribution in [3.8, 4) is 0 Å². The van der Waals surface area contributed by atoms with E-state index in [1.807, 2.05) is 6.92 Å². The lowest BCUT2D eigenvalue weighted by Gasteiger charge is -2.41. The minimum atomic E-state index is -0.0273. The molecule has 1 amide bonds. The third-order valence-corrected chi connectivity index (χ3v) is 4.45. The number of carbonyl (C=O) groups excluding carboxylic acids is 1. The Morgan fingerprint density at radius 3 is 2.19 bits per heavy atom. The van der Waals surface area contributed by atoms with Crippen LogP contribution in [0.5, 0.6) is 0 Å². The van der Waals surface area contributed by atoms with E-state index in [0.29, 0.717) is 12.0 Å². The molecule has 1 aliphatic heterocycles. The molecule has 0 aliphatic carbocycles. The lowest BCUT2D eigenvalue weighted by atomic mass is 10.1. The Balaban J connectivity index is 2.39. The lowest BCUT2D eigenvalue weighted by molar-refractivity contribution is -0.126. The van der Waals surface area contributed by atoms with E-state index in [1.54, 1.807) is 0 Å². The molecule has 124 valence electrons. The molecule has 5 heteroatoms. The number of rotatable bonds is 8. The zero-order chi connectivity index (χ0) is 15.8. The summed E-state index contributed by atoms with van der Waals surface area (Å²) in [6, 6.07) is 0.572. The Kier molecular flexibility index (Phi) is 8.22. The topological polar surface area (TPSA) is 61.6 Å². The molecule has 0 saturated carbocycles. The van der Waals surface area contributed by atoms with Gasteiger partial charge in [0.15, 0.2) is 0 Å². The largest absolute Gasteiger partial charge is 0.354 e. The molecule has 1 fully saturated rings. The highest BCUT2D eigenvalue weighted by Gasteiger charge is 2.27. The van der Waals surface area contributed by atoms with Crippen LogP contribution in [0.1, 0.15) is 40.5 Å². The Morgan fingerprint density at radius 1 is 1.14 bits per heavy atom. The molecule has 0 spiro atoms. The van der Waals surface area contributed by atoms with Crippen molar-refractivity contribution in [2.24, 2.45) is 11.7 Å². The number of nitrogens with zero attached hydrogens (tertiary/aromatic N) is 2. The molecule has 0 aromatic carbocycles. The van der Waals surface area contributed by atoms with Gasteiger partial charge < -0.3 is 11.1 Å². The minimum absolute atomic E-state index is 0.0273. The number of nitrogens with two attached hydrogens (primary N) is 1. The van der Waals surface area contributed by atoms with E-state index in [0.717, 1.165) is 52.1 Å². The smallest absolute Gasteiger partial charge is 0.237 e. The molecule has 1 aliphatic rings. The molecule has 1 heterocycles. The molecule has 1 saturated heterocycles. The molecular formula is C16H34N4O. The average molecular weight is 298 g/mol. The first-order chi connectivity index (χ1) is 9.99. The molecule has 0 aromatic heterocycles. The van der Waals surface area contributed by atoms with Gasteiger partial charge in [-0.3, -0.25) is 14.6 Å². The van der Waals surface area contributed by atoms with Gasteiger partial charge in [-0.05, 0) is 32.2 Å². The van der Waals surface area contributed by atoms with Crippen LogP contribution in [0.15, 0.2) is 0 Å². The molecular weight excluding hydrogens is 264 g/mol. The third-order valence-electron chi connectivity index (χ3n) is 4.45. The van der Waals surface area contributed by atoms with Crippen molar-refractivity contribution in [2.75, 3.05) is 39.3 Å². The minimum Gasteiger partial charge on any atom is -0.354 e. The van der Waals surface area contributed by atoms with Crippen LogP contribution < -0.4 is 11.1 Å². The molecule has 0 aromatic rings. The SMILES string of the molecule is CCC(CCN)N1CCN(C(C)C(=O)NCC(C)C)CC1. The summed E-state index contributed by atoms with van der Waals surface area (Å²) in [6.45, 7) is 14.0. The van der Waals surface area contributed by atoms with E-state index in [9.17, 15) is 4.79 Å². The Hall–Kier alpha value is -0.650. The Morgan fingerprint density at radius 2 is 1.71 bits per heavy atom. The van der Waals surface area contributed by atoms with Gasteiger partial charge in [0.1, 0.15) is 0 Å². The summed E-state index contributed by atoms with van der Waals surface area (Å²) < 4.78 is 0. The molecule has 0 bridgehead atoms. The maximum atomic E-state index is 12.1. The van der Waals surface area contributed by atoms with Gasteiger partial charge in [0.25, 0.3) is 0 Å². The Labute approximate surface area is 130 Å². The molecule has 5 nitrogen and oxygen atoms in total. The first kappa shape index (κ1) is 18.4. The van der Waals surface area contributed by atoms with Gasteiger partial charge in [0.2, 0.25) is 5.91 Å². The number of carbonyl (C=O) groups is 1. The van der Waals surface area contributed by atoms with Crippen LogP contribution in [0.25, 0.3) is 0 Å². The maximum absolute atomic E-state index is 12.1. The highest BCUT2D eigenvalue weighted by Crippen LogP contribution is 2.13. The lowest BCUT2D eigenvalue weighted by Crippen LogP contribution is -2.56. The molecule has 21 heavy (non-hydrogen) atoms. The van der Waals surface area contributed by atoms with Gasteiger partial charge >= 0.3 is 0 Å². The van der Waals surface area contributed by atoms with E-state index in [1.165, 1.54) is 0 Å². The van der Waals surface area contributed by atoms with E-state index in [4.69, 9.17) is 5.73 Å². The highest BCUT2D eigenvalue weighted by atomic mass is 16.2. The van der Waals surface area contributed by atoms with Gasteiger partial charge in [-0.1, -0.05) is 20.8 Å². The first-order valence-corrected chi connectivity index (χ1v) is 8.45. The molecule has 3 N–H and O–H groups in total. The van der Waals surface area contributed by atoms with Crippen LogP contribution >= 0.6 is 0 Å². The quantitative estimate of drug-likeness (QED) is 0.699. The molecule has 1 rings (SSSR count). The van der Waals surface area contributed by atoms with Crippen molar-refractivity contribution in [3.05, 3.63) is 0 Å². The van der Waals surface area contributed by atoms with Crippen molar-refractivity contribution >= 4 is 5.91 Å². The van der Waals surface area contributed by atoms with Gasteiger partial charge in [-0.25, -0.2) is 0 Å². The second-order valence-corrected chi connectivity index (χ2v) is 6.53. The van der Waals surface area contributed by atoms with Crippen molar-refractivity contribution in [1.82, 2.24) is 15.1 Å². The van der Waals surface area contributed by atoms with Crippen LogP contribution in [-0.4, -0.2) is 67.1 Å². The van der Waals surface area contributed by atoms with E-state index in [2.05, 4.69) is 35.9 Å². The summed E-state index contributed by atoms with van der Waals surface area (Å²) in [5.74, 6) is 0.658. The summed E-state index contributed by atoms with van der Waals surface area (Å²) in [7, 11) is 0. The second-order valence-electron chi connectivity index (χ2n) is 6.53. The van der Waals surface area contributed by atoms with Crippen molar-refractivity contribution in [3.63, 3.8) is 0 Å². The highest BCUT2D eigenvalue weighted by molar-refractivity contribution is 5.81. The summed E-state index contributed by atoms with van der Waals surface area (Å²) in [4.78, 5) is 17.0. The van der Waals surface area contributed by atoms with Crippen LogP contribution in [0.3, 0.4) is 0 Å². The van der Waals surface area contributed by atoms with E-state index in [-0.39, 0.29) is 11.9 Å². The van der Waals surface area contributed by atoms with Gasteiger partial charge in [0.05, 0.1) is 6.04 Å². The van der Waals surface area contributed by atoms with Crippen LogP contribution in [0.4, 0.5) is 0 Å². The monoisotopic (exact) mass is 298 g/mol. The number of amides is 1. The van der Waals surface area contributed by atoms with Crippen LogP contribution in [0.2, 0.25) is 0 Å². The number of piperazine rings is 1. The molecule has 2 atom stereocenters. The zero-order valence-corrected chi connectivity index (χ0v) is 14.3. The van der Waals surface area contributed by atoms with Gasteiger partial charge in [-0.15, -0.1) is 0 Å². The second kappa shape index (κ2) is 9.38. The third kappa shape index (κ3) is 5.93. The summed E-state index contributed by atoms with van der Waals surface area (Å²) in [5, 5.41) is 3.03. The normalized spacial score (nSPS) is 20.5. The van der Waals surface area contributed by atoms with Crippen LogP contribution in [-0.2, 0) is 4.79 Å². The van der Waals surface area contributed by atoms with Crippen molar-refractivity contribution in [2.45, 2.75) is 52.6 Å². The summed E-state index contributed by atoms with van der Waals surface area (Å²) in [6.07, 6.45) is 2.22. The predicted molar refractivity (Wildman–Crippen MR) is 88.2 cm³/mol. The van der Waals surface area contributed by atoms with Crippen LogP contribution in [0, 0.1) is 5.92 Å². The van der Waals surface area contributed by atoms with E-state index < -0.39 is 0 Å². The number of hydrogen-bond donors (Lipinski definition) is 2. The summed E-state index contributed by atoms with van der Waals surface area (Å²) >= 11 is 0. The van der Waals surface area contributed by atoms with Gasteiger partial charge in [0, 0.05) is 38.8 Å². The van der Waals surface area contributed by atoms with Crippen molar-refractivity contribution < 1.29 is 4.79 Å². The van der Waals surface area contributed by atoms with Crippen molar-refractivity contribution in [1.29, 1.82) is 0 Å². The Bertz CT molecular complexity index is 301. The number of nitrogens with one attached hydrogen (secondary N) is 1. The average Bonchev–Trinajstić information content (AvgIpc) is 2.49. The fourth-order valence-electron chi connectivity index (χ4n) is 2.95. The zero-order valence-electron chi connectivity index (χ0n) is 14.3. The fourth-order valence-corrected chi connectivity index (χ4v) is 2.95. The molecule has 2 unspecified atom stereocenters. The first-order valence-electron chi connectivity index (χ1n) is 8.45. The van der Waals surface area contributed by atoms with Gasteiger partial charge in [-0.2, -0.15) is 0 Å². The van der Waals surface area contributed by atoms with E-state index >= 15 is 0 Å².